The van der Waals surface area contributed by atoms with Gasteiger partial charge in [-0.25, -0.2) is 0 Å². The largest absolute Gasteiger partial charge is 0.481 e. The van der Waals surface area contributed by atoms with Crippen LogP contribution in [0.5, 0.6) is 0 Å². The number of carbonyl (C=O) groups excluding carboxylic acids is 1. The summed E-state index contributed by atoms with van der Waals surface area (Å²) in [5, 5.41) is 11.8. The van der Waals surface area contributed by atoms with E-state index < -0.39 is 23.2 Å². The van der Waals surface area contributed by atoms with E-state index in [-0.39, 0.29) is 0 Å². The lowest BCUT2D eigenvalue weighted by Gasteiger charge is -2.26. The smallest absolute Gasteiger partial charge is 0.316 e. The number of hydrogen-bond acceptors (Lipinski definition) is 3. The number of nitrogens with one attached hydrogen (secondary N) is 1. The second-order valence-corrected chi connectivity index (χ2v) is 5.26. The molecule has 1 aromatic heterocycles. The van der Waals surface area contributed by atoms with Crippen molar-refractivity contribution in [3.05, 3.63) is 24.0 Å². The molecule has 0 spiro atoms. The molecular weight excluding hydrogens is 232 g/mol. The second-order valence-electron chi connectivity index (χ2n) is 5.26. The molecule has 0 bridgehead atoms. The quantitative estimate of drug-likeness (QED) is 0.805. The zero-order chi connectivity index (χ0) is 13.9. The fourth-order valence-corrected chi connectivity index (χ4v) is 1.70. The molecule has 1 aromatic rings. The third-order valence-electron chi connectivity index (χ3n) is 2.64. The Morgan fingerprint density at radius 3 is 2.44 bits per heavy atom. The molecule has 5 heteroatoms. The zero-order valence-corrected chi connectivity index (χ0v) is 11.0. The van der Waals surface area contributed by atoms with Crippen LogP contribution in [0.3, 0.4) is 0 Å². The zero-order valence-electron chi connectivity index (χ0n) is 11.0. The molecule has 1 atom stereocenters. The monoisotopic (exact) mass is 250 g/mol. The number of carbonyl (C=O) groups is 2. The number of hydrogen-bond donors (Lipinski definition) is 2. The lowest BCUT2D eigenvalue weighted by Crippen LogP contribution is -2.39. The van der Waals surface area contributed by atoms with Crippen LogP contribution in [0.4, 0.5) is 5.69 Å². The Labute approximate surface area is 106 Å². The van der Waals surface area contributed by atoms with E-state index in [0.717, 1.165) is 0 Å². The van der Waals surface area contributed by atoms with E-state index in [0.29, 0.717) is 11.4 Å². The summed E-state index contributed by atoms with van der Waals surface area (Å²) in [6.45, 7) is 6.92. The van der Waals surface area contributed by atoms with Gasteiger partial charge in [0.1, 0.15) is 5.92 Å². The van der Waals surface area contributed by atoms with Gasteiger partial charge < -0.3 is 10.4 Å². The molecule has 1 amide bonds. The first-order valence-electron chi connectivity index (χ1n) is 5.69. The van der Waals surface area contributed by atoms with E-state index >= 15 is 0 Å². The third-order valence-corrected chi connectivity index (χ3v) is 2.64. The van der Waals surface area contributed by atoms with Crippen LogP contribution in [0, 0.1) is 18.3 Å². The Bertz CT molecular complexity index is 464. The molecule has 1 rings (SSSR count). The van der Waals surface area contributed by atoms with Gasteiger partial charge in [0.2, 0.25) is 5.91 Å². The van der Waals surface area contributed by atoms with Crippen molar-refractivity contribution in [2.45, 2.75) is 27.7 Å². The SMILES string of the molecule is Cc1ncccc1NC(=O)C(C(=O)O)C(C)(C)C. The number of carboxylic acids is 1. The highest BCUT2D eigenvalue weighted by molar-refractivity contribution is 6.05. The number of aryl methyl sites for hydroxylation is 1. The fraction of sp³-hybridized carbons (Fsp3) is 0.462. The first kappa shape index (κ1) is 14.2. The van der Waals surface area contributed by atoms with Gasteiger partial charge in [0.15, 0.2) is 0 Å². The van der Waals surface area contributed by atoms with Crippen LogP contribution in [-0.4, -0.2) is 22.0 Å². The number of carboxylic acid groups (broad SMARTS) is 1. The Hall–Kier alpha value is -1.91. The maximum Gasteiger partial charge on any atom is 0.316 e. The van der Waals surface area contributed by atoms with E-state index in [1.807, 2.05) is 0 Å². The minimum Gasteiger partial charge on any atom is -0.481 e. The van der Waals surface area contributed by atoms with Gasteiger partial charge in [-0.05, 0) is 24.5 Å². The van der Waals surface area contributed by atoms with Gasteiger partial charge in [-0.15, -0.1) is 0 Å². The van der Waals surface area contributed by atoms with Crippen molar-refractivity contribution in [3.63, 3.8) is 0 Å². The summed E-state index contributed by atoms with van der Waals surface area (Å²) >= 11 is 0. The first-order valence-corrected chi connectivity index (χ1v) is 5.69. The summed E-state index contributed by atoms with van der Waals surface area (Å²) in [6, 6.07) is 3.39. The van der Waals surface area contributed by atoms with Crippen LogP contribution >= 0.6 is 0 Å². The van der Waals surface area contributed by atoms with Crippen LogP contribution in [0.1, 0.15) is 26.5 Å². The fourth-order valence-electron chi connectivity index (χ4n) is 1.70. The number of amides is 1. The average Bonchev–Trinajstić information content (AvgIpc) is 2.18. The molecule has 0 aliphatic carbocycles. The molecule has 0 saturated heterocycles. The summed E-state index contributed by atoms with van der Waals surface area (Å²) < 4.78 is 0. The molecule has 1 heterocycles. The van der Waals surface area contributed by atoms with Crippen LogP contribution in [0.15, 0.2) is 18.3 Å². The number of aromatic nitrogens is 1. The van der Waals surface area contributed by atoms with Gasteiger partial charge in [0.25, 0.3) is 0 Å². The summed E-state index contributed by atoms with van der Waals surface area (Å²) in [5.74, 6) is -2.75. The van der Waals surface area contributed by atoms with Crippen LogP contribution < -0.4 is 5.32 Å². The number of rotatable bonds is 3. The van der Waals surface area contributed by atoms with Gasteiger partial charge in [0.05, 0.1) is 11.4 Å². The molecule has 0 radical (unpaired) electrons. The van der Waals surface area contributed by atoms with Crippen molar-refractivity contribution in [2.75, 3.05) is 5.32 Å². The van der Waals surface area contributed by atoms with Crippen LogP contribution in [0.25, 0.3) is 0 Å². The highest BCUT2D eigenvalue weighted by Gasteiger charge is 2.37. The van der Waals surface area contributed by atoms with Crippen LogP contribution in [0.2, 0.25) is 0 Å². The van der Waals surface area contributed by atoms with Gasteiger partial charge in [-0.3, -0.25) is 14.6 Å². The van der Waals surface area contributed by atoms with Crippen molar-refractivity contribution >= 4 is 17.6 Å². The van der Waals surface area contributed by atoms with Crippen molar-refractivity contribution in [3.8, 4) is 0 Å². The maximum absolute atomic E-state index is 12.0. The van der Waals surface area contributed by atoms with Crippen molar-refractivity contribution in [1.82, 2.24) is 4.98 Å². The predicted molar refractivity (Wildman–Crippen MR) is 68.2 cm³/mol. The molecule has 0 fully saturated rings. The summed E-state index contributed by atoms with van der Waals surface area (Å²) in [6.07, 6.45) is 1.61. The normalized spacial score (nSPS) is 12.9. The van der Waals surface area contributed by atoms with Gasteiger partial charge in [0, 0.05) is 6.20 Å². The number of aliphatic carboxylic acids is 1. The molecule has 0 aliphatic rings. The molecule has 98 valence electrons. The first-order chi connectivity index (χ1) is 8.23. The molecule has 18 heavy (non-hydrogen) atoms. The molecule has 0 aliphatic heterocycles. The number of pyridine rings is 1. The lowest BCUT2D eigenvalue weighted by atomic mass is 9.80. The lowest BCUT2D eigenvalue weighted by molar-refractivity contribution is -0.149. The predicted octanol–water partition coefficient (Wildman–Crippen LogP) is 2.08. The molecule has 0 saturated carbocycles. The molecule has 0 aromatic carbocycles. The third kappa shape index (κ3) is 3.29. The summed E-state index contributed by atoms with van der Waals surface area (Å²) in [4.78, 5) is 27.3. The molecule has 1 unspecified atom stereocenters. The van der Waals surface area contributed by atoms with Gasteiger partial charge >= 0.3 is 5.97 Å². The van der Waals surface area contributed by atoms with Crippen molar-refractivity contribution in [2.24, 2.45) is 11.3 Å². The number of nitrogens with zero attached hydrogens (tertiary/aromatic N) is 1. The van der Waals surface area contributed by atoms with Crippen molar-refractivity contribution < 1.29 is 14.7 Å². The van der Waals surface area contributed by atoms with E-state index in [9.17, 15) is 9.59 Å². The Morgan fingerprint density at radius 1 is 1.39 bits per heavy atom. The summed E-state index contributed by atoms with van der Waals surface area (Å²) in [5.41, 5.74) is 0.549. The highest BCUT2D eigenvalue weighted by Crippen LogP contribution is 2.27. The summed E-state index contributed by atoms with van der Waals surface area (Å²) in [7, 11) is 0. The molecule has 5 nitrogen and oxygen atoms in total. The maximum atomic E-state index is 12.0. The van der Waals surface area contributed by atoms with Gasteiger partial charge in [-0.2, -0.15) is 0 Å². The minimum absolute atomic E-state index is 0.522. The topological polar surface area (TPSA) is 79.3 Å². The van der Waals surface area contributed by atoms with E-state index in [1.165, 1.54) is 0 Å². The van der Waals surface area contributed by atoms with E-state index in [1.54, 1.807) is 46.0 Å². The minimum atomic E-state index is -1.12. The Balaban J connectivity index is 2.94. The van der Waals surface area contributed by atoms with E-state index in [4.69, 9.17) is 5.11 Å². The number of anilines is 1. The Morgan fingerprint density at radius 2 is 2.00 bits per heavy atom. The van der Waals surface area contributed by atoms with E-state index in [2.05, 4.69) is 10.3 Å². The molecule has 2 N–H and O–H groups in total. The van der Waals surface area contributed by atoms with Crippen molar-refractivity contribution in [1.29, 1.82) is 0 Å². The van der Waals surface area contributed by atoms with Crippen LogP contribution in [-0.2, 0) is 9.59 Å². The van der Waals surface area contributed by atoms with Gasteiger partial charge in [-0.1, -0.05) is 20.8 Å². The average molecular weight is 250 g/mol. The standard InChI is InChI=1S/C13H18N2O3/c1-8-9(6-5-7-14-8)15-11(16)10(12(17)18)13(2,3)4/h5-7,10H,1-4H3,(H,15,16)(H,17,18). The highest BCUT2D eigenvalue weighted by atomic mass is 16.4. The Kier molecular flexibility index (Phi) is 4.06. The second kappa shape index (κ2) is 5.16. The molecular formula is C13H18N2O3.